The van der Waals surface area contributed by atoms with Gasteiger partial charge in [0.1, 0.15) is 6.10 Å². The van der Waals surface area contributed by atoms with Crippen LogP contribution < -0.4 is 0 Å². The maximum absolute atomic E-state index is 11.9. The predicted molar refractivity (Wildman–Crippen MR) is 139 cm³/mol. The number of esters is 1. The molecule has 0 aromatic carbocycles. The lowest BCUT2D eigenvalue weighted by atomic mass is 10.1. The van der Waals surface area contributed by atoms with Crippen molar-refractivity contribution in [1.29, 1.82) is 0 Å². The fraction of sp³-hybridized carbons (Fsp3) is 0.724. The van der Waals surface area contributed by atoms with Crippen LogP contribution in [0.5, 0.6) is 0 Å². The van der Waals surface area contributed by atoms with Crippen molar-refractivity contribution in [3.05, 3.63) is 36.5 Å². The molecule has 0 aromatic heterocycles. The number of carbonyl (C=O) groups is 2. The number of aliphatic carboxylic acids is 1. The molecular weight excluding hydrogens is 412 g/mol. The number of hydrogen-bond acceptors (Lipinski definition) is 3. The molecule has 0 fully saturated rings. The van der Waals surface area contributed by atoms with E-state index in [0.29, 0.717) is 19.3 Å². The first-order valence-corrected chi connectivity index (χ1v) is 13.5. The molecule has 0 rings (SSSR count). The number of unbranched alkanes of at least 4 members (excludes halogenated alkanes) is 9. The number of rotatable bonds is 23. The monoisotopic (exact) mass is 462 g/mol. The molecule has 1 atom stereocenters. The molecule has 4 nitrogen and oxygen atoms in total. The molecule has 0 saturated carbocycles. The van der Waals surface area contributed by atoms with Crippen molar-refractivity contribution >= 4 is 11.9 Å². The molecule has 0 aliphatic heterocycles. The summed E-state index contributed by atoms with van der Waals surface area (Å²) in [5, 5.41) is 8.69. The first kappa shape index (κ1) is 31.2. The van der Waals surface area contributed by atoms with Crippen LogP contribution >= 0.6 is 0 Å². The second kappa shape index (κ2) is 24.8. The van der Waals surface area contributed by atoms with Gasteiger partial charge in [0.15, 0.2) is 0 Å². The van der Waals surface area contributed by atoms with E-state index in [2.05, 4.69) is 43.4 Å². The van der Waals surface area contributed by atoms with Crippen molar-refractivity contribution in [3.8, 4) is 0 Å². The van der Waals surface area contributed by atoms with E-state index in [1.165, 1.54) is 51.4 Å². The number of carboxylic acid groups (broad SMARTS) is 1. The Kier molecular flexibility index (Phi) is 23.4. The summed E-state index contributed by atoms with van der Waals surface area (Å²) in [7, 11) is 0. The van der Waals surface area contributed by atoms with E-state index < -0.39 is 5.97 Å². The number of allylic oxidation sites excluding steroid dienone is 6. The molecule has 0 spiro atoms. The number of hydrogen-bond donors (Lipinski definition) is 1. The lowest BCUT2D eigenvalue weighted by Crippen LogP contribution is -2.17. The van der Waals surface area contributed by atoms with Gasteiger partial charge in [-0.25, -0.2) is 0 Å². The van der Waals surface area contributed by atoms with Crippen LogP contribution in [0.4, 0.5) is 0 Å². The average Bonchev–Trinajstić information content (AvgIpc) is 2.79. The van der Waals surface area contributed by atoms with Gasteiger partial charge >= 0.3 is 11.9 Å². The van der Waals surface area contributed by atoms with Crippen LogP contribution in [-0.2, 0) is 14.3 Å². The molecule has 0 aromatic rings. The Hall–Kier alpha value is -1.84. The van der Waals surface area contributed by atoms with Crippen LogP contribution in [0.2, 0.25) is 0 Å². The molecule has 0 heterocycles. The third-order valence-corrected chi connectivity index (χ3v) is 5.69. The van der Waals surface area contributed by atoms with Gasteiger partial charge in [-0.05, 0) is 64.2 Å². The Morgan fingerprint density at radius 1 is 0.697 bits per heavy atom. The van der Waals surface area contributed by atoms with E-state index >= 15 is 0 Å². The summed E-state index contributed by atoms with van der Waals surface area (Å²) in [6, 6.07) is 0. The van der Waals surface area contributed by atoms with Crippen LogP contribution in [0, 0.1) is 0 Å². The average molecular weight is 463 g/mol. The summed E-state index contributed by atoms with van der Waals surface area (Å²) in [5.74, 6) is -0.935. The van der Waals surface area contributed by atoms with E-state index in [1.807, 2.05) is 6.92 Å². The molecule has 4 heteroatoms. The molecule has 33 heavy (non-hydrogen) atoms. The molecule has 190 valence electrons. The Morgan fingerprint density at radius 2 is 1.24 bits per heavy atom. The smallest absolute Gasteiger partial charge is 0.306 e. The SMILES string of the molecule is CCCCC/C=C\C/C=C\C/C=C\CCCCCCCCC(=O)OC(CC)CCCC(=O)O. The maximum atomic E-state index is 11.9. The Morgan fingerprint density at radius 3 is 1.82 bits per heavy atom. The summed E-state index contributed by atoms with van der Waals surface area (Å²) >= 11 is 0. The van der Waals surface area contributed by atoms with Crippen LogP contribution in [0.3, 0.4) is 0 Å². The number of ether oxygens (including phenoxy) is 1. The minimum Gasteiger partial charge on any atom is -0.481 e. The van der Waals surface area contributed by atoms with E-state index in [0.717, 1.165) is 38.5 Å². The van der Waals surface area contributed by atoms with Crippen LogP contribution in [0.1, 0.15) is 129 Å². The molecule has 0 aliphatic carbocycles. The van der Waals surface area contributed by atoms with Gasteiger partial charge < -0.3 is 9.84 Å². The van der Waals surface area contributed by atoms with Crippen molar-refractivity contribution in [3.63, 3.8) is 0 Å². The van der Waals surface area contributed by atoms with Gasteiger partial charge in [-0.1, -0.05) is 88.8 Å². The first-order valence-electron chi connectivity index (χ1n) is 13.5. The highest BCUT2D eigenvalue weighted by atomic mass is 16.5. The fourth-order valence-corrected chi connectivity index (χ4v) is 3.60. The van der Waals surface area contributed by atoms with Crippen molar-refractivity contribution in [2.75, 3.05) is 0 Å². The summed E-state index contributed by atoms with van der Waals surface area (Å²) < 4.78 is 5.47. The van der Waals surface area contributed by atoms with Gasteiger partial charge in [-0.3, -0.25) is 9.59 Å². The quantitative estimate of drug-likeness (QED) is 0.0936. The Balaban J connectivity index is 3.49. The van der Waals surface area contributed by atoms with Crippen molar-refractivity contribution in [2.24, 2.45) is 0 Å². The van der Waals surface area contributed by atoms with Crippen molar-refractivity contribution < 1.29 is 19.4 Å². The summed E-state index contributed by atoms with van der Waals surface area (Å²) in [6.45, 7) is 4.21. The standard InChI is InChI=1S/C29H50O4/c1-3-5-6-7-8-9-10-11-12-13-14-15-16-17-18-19-20-21-22-26-29(32)33-27(4-2)24-23-25-28(30)31/h8-9,11-12,14-15,27H,3-7,10,13,16-26H2,1-2H3,(H,30,31)/b9-8-,12-11-,15-14-. The van der Waals surface area contributed by atoms with Crippen LogP contribution in [0.15, 0.2) is 36.5 Å². The van der Waals surface area contributed by atoms with E-state index in [1.54, 1.807) is 0 Å². The van der Waals surface area contributed by atoms with Gasteiger partial charge in [0.25, 0.3) is 0 Å². The van der Waals surface area contributed by atoms with E-state index in [4.69, 9.17) is 9.84 Å². The molecule has 0 saturated heterocycles. The third-order valence-electron chi connectivity index (χ3n) is 5.69. The molecule has 0 radical (unpaired) electrons. The van der Waals surface area contributed by atoms with E-state index in [-0.39, 0.29) is 18.5 Å². The highest BCUT2D eigenvalue weighted by molar-refractivity contribution is 5.69. The van der Waals surface area contributed by atoms with Gasteiger partial charge in [0.2, 0.25) is 0 Å². The minimum absolute atomic E-state index is 0.137. The topological polar surface area (TPSA) is 63.6 Å². The van der Waals surface area contributed by atoms with Crippen LogP contribution in [0.25, 0.3) is 0 Å². The molecule has 0 amide bonds. The zero-order valence-corrected chi connectivity index (χ0v) is 21.4. The molecule has 0 bridgehead atoms. The maximum Gasteiger partial charge on any atom is 0.306 e. The van der Waals surface area contributed by atoms with Crippen molar-refractivity contribution in [1.82, 2.24) is 0 Å². The Bertz CT molecular complexity index is 548. The van der Waals surface area contributed by atoms with E-state index in [9.17, 15) is 9.59 Å². The molecular formula is C29H50O4. The lowest BCUT2D eigenvalue weighted by molar-refractivity contribution is -0.149. The summed E-state index contributed by atoms with van der Waals surface area (Å²) in [6.07, 6.45) is 31.2. The lowest BCUT2D eigenvalue weighted by Gasteiger charge is -2.15. The molecule has 1 unspecified atom stereocenters. The molecule has 0 aliphatic rings. The van der Waals surface area contributed by atoms with Gasteiger partial charge in [-0.15, -0.1) is 0 Å². The highest BCUT2D eigenvalue weighted by Crippen LogP contribution is 2.13. The van der Waals surface area contributed by atoms with Gasteiger partial charge in [0.05, 0.1) is 0 Å². The second-order valence-corrected chi connectivity index (χ2v) is 8.85. The largest absolute Gasteiger partial charge is 0.481 e. The number of carbonyl (C=O) groups excluding carboxylic acids is 1. The third kappa shape index (κ3) is 24.6. The zero-order valence-electron chi connectivity index (χ0n) is 21.4. The molecule has 1 N–H and O–H groups in total. The highest BCUT2D eigenvalue weighted by Gasteiger charge is 2.12. The zero-order chi connectivity index (χ0) is 24.4. The number of carboxylic acids is 1. The summed E-state index contributed by atoms with van der Waals surface area (Å²) in [4.78, 5) is 22.5. The Labute approximate surface area is 203 Å². The summed E-state index contributed by atoms with van der Waals surface area (Å²) in [5.41, 5.74) is 0. The second-order valence-electron chi connectivity index (χ2n) is 8.85. The first-order chi connectivity index (χ1) is 16.1. The van der Waals surface area contributed by atoms with Gasteiger partial charge in [-0.2, -0.15) is 0 Å². The van der Waals surface area contributed by atoms with Crippen LogP contribution in [-0.4, -0.2) is 23.1 Å². The minimum atomic E-state index is -0.795. The van der Waals surface area contributed by atoms with Crippen molar-refractivity contribution in [2.45, 2.75) is 136 Å². The predicted octanol–water partition coefficient (Wildman–Crippen LogP) is 8.71. The van der Waals surface area contributed by atoms with Gasteiger partial charge in [0, 0.05) is 12.8 Å². The fourth-order valence-electron chi connectivity index (χ4n) is 3.60. The normalized spacial score (nSPS) is 12.8.